The van der Waals surface area contributed by atoms with Gasteiger partial charge in [-0.25, -0.2) is 15.2 Å². The predicted molar refractivity (Wildman–Crippen MR) is 124 cm³/mol. The van der Waals surface area contributed by atoms with Gasteiger partial charge in [0.15, 0.2) is 0 Å². The van der Waals surface area contributed by atoms with Crippen LogP contribution in [0.2, 0.25) is 0 Å². The number of benzene rings is 1. The van der Waals surface area contributed by atoms with Crippen molar-refractivity contribution in [2.24, 2.45) is 10.8 Å². The topological polar surface area (TPSA) is 204 Å². The normalized spacial score (nSPS) is 20.8. The van der Waals surface area contributed by atoms with Crippen LogP contribution < -0.4 is 21.8 Å². The maximum absolute atomic E-state index is 13.5. The van der Waals surface area contributed by atoms with E-state index in [0.717, 1.165) is 11.2 Å². The molecule has 0 spiro atoms. The number of rotatable bonds is 8. The highest BCUT2D eigenvalue weighted by molar-refractivity contribution is 6.00. The van der Waals surface area contributed by atoms with Crippen molar-refractivity contribution in [1.29, 1.82) is 0 Å². The Kier molecular flexibility index (Phi) is 8.54. The van der Waals surface area contributed by atoms with E-state index in [1.807, 2.05) is 5.43 Å². The smallest absolute Gasteiger partial charge is 0.332 e. The molecule has 6 N–H and O–H groups in total. The van der Waals surface area contributed by atoms with Crippen LogP contribution >= 0.6 is 0 Å². The number of nitrogens with two attached hydrogens (primary N) is 1. The fourth-order valence-electron chi connectivity index (χ4n) is 4.04. The molecule has 2 saturated heterocycles. The SMILES string of the molecule is NC(=O)N/N=C/[C@H](CC(=O)O)NC(=O)[C@@H]1CCCN2C(=O)CC[C@H](NC(=O)c3ccccc3)C(=O)N12. The van der Waals surface area contributed by atoms with Crippen LogP contribution in [0.1, 0.15) is 42.5 Å². The highest BCUT2D eigenvalue weighted by atomic mass is 16.4. The monoisotopic (exact) mass is 501 g/mol. The minimum absolute atomic E-state index is 0.0105. The molecule has 0 saturated carbocycles. The van der Waals surface area contributed by atoms with Crippen molar-refractivity contribution in [3.63, 3.8) is 0 Å². The van der Waals surface area contributed by atoms with E-state index in [9.17, 15) is 28.8 Å². The third-order valence-corrected chi connectivity index (χ3v) is 5.66. The van der Waals surface area contributed by atoms with Gasteiger partial charge < -0.3 is 21.5 Å². The van der Waals surface area contributed by atoms with Gasteiger partial charge in [0.1, 0.15) is 12.1 Å². The Balaban J connectivity index is 1.80. The average Bonchev–Trinajstić information content (AvgIpc) is 2.96. The zero-order valence-corrected chi connectivity index (χ0v) is 19.3. The van der Waals surface area contributed by atoms with Gasteiger partial charge in [-0.15, -0.1) is 0 Å². The van der Waals surface area contributed by atoms with Crippen LogP contribution in [-0.4, -0.2) is 81.6 Å². The summed E-state index contributed by atoms with van der Waals surface area (Å²) >= 11 is 0. The molecule has 0 radical (unpaired) electrons. The number of amides is 6. The molecule has 192 valence electrons. The van der Waals surface area contributed by atoms with Gasteiger partial charge in [-0.05, 0) is 31.4 Å². The van der Waals surface area contributed by atoms with E-state index < -0.39 is 54.3 Å². The van der Waals surface area contributed by atoms with Crippen LogP contribution in [0, 0.1) is 0 Å². The molecule has 0 bridgehead atoms. The van der Waals surface area contributed by atoms with Crippen molar-refractivity contribution in [1.82, 2.24) is 26.1 Å². The summed E-state index contributed by atoms with van der Waals surface area (Å²) in [5.74, 6) is -3.45. The van der Waals surface area contributed by atoms with Crippen LogP contribution in [0.15, 0.2) is 35.4 Å². The second kappa shape index (κ2) is 11.8. The Morgan fingerprint density at radius 2 is 1.89 bits per heavy atom. The summed E-state index contributed by atoms with van der Waals surface area (Å²) < 4.78 is 0. The summed E-state index contributed by atoms with van der Waals surface area (Å²) in [7, 11) is 0. The number of nitrogens with zero attached hydrogens (tertiary/aromatic N) is 3. The van der Waals surface area contributed by atoms with Gasteiger partial charge in [0, 0.05) is 24.7 Å². The number of aliphatic carboxylic acids is 1. The number of hydrazine groups is 1. The number of hydrazone groups is 1. The molecular formula is C22H27N7O7. The van der Waals surface area contributed by atoms with Gasteiger partial charge in [-0.3, -0.25) is 29.0 Å². The minimum atomic E-state index is -1.25. The van der Waals surface area contributed by atoms with Crippen LogP contribution in [0.5, 0.6) is 0 Å². The summed E-state index contributed by atoms with van der Waals surface area (Å²) in [6, 6.07) is 3.98. The molecule has 14 nitrogen and oxygen atoms in total. The van der Waals surface area contributed by atoms with E-state index in [1.165, 1.54) is 5.01 Å². The molecule has 3 atom stereocenters. The summed E-state index contributed by atoms with van der Waals surface area (Å²) in [4.78, 5) is 74.1. The van der Waals surface area contributed by atoms with Crippen molar-refractivity contribution in [3.8, 4) is 0 Å². The zero-order valence-electron chi connectivity index (χ0n) is 19.3. The van der Waals surface area contributed by atoms with E-state index >= 15 is 0 Å². The van der Waals surface area contributed by atoms with Gasteiger partial charge in [-0.2, -0.15) is 5.10 Å². The molecule has 2 aliphatic rings. The van der Waals surface area contributed by atoms with Crippen LogP contribution in [0.4, 0.5) is 4.79 Å². The standard InChI is InChI=1S/C22H27N7O7/c23-22(36)27-24-12-14(11-18(31)32)25-20(34)16-7-4-10-28-17(30)9-8-15(21(35)29(16)28)26-19(33)13-5-2-1-3-6-13/h1-3,5-6,12,14-16H,4,7-11H2,(H,25,34)(H,26,33)(H,31,32)(H3,23,27,36)/b24-12+/t14-,15-,16-/m0/s1. The second-order valence-electron chi connectivity index (χ2n) is 8.26. The number of carboxylic acid groups (broad SMARTS) is 1. The molecule has 0 aliphatic carbocycles. The van der Waals surface area contributed by atoms with Crippen molar-refractivity contribution >= 4 is 41.8 Å². The first-order valence-corrected chi connectivity index (χ1v) is 11.3. The van der Waals surface area contributed by atoms with E-state index in [0.29, 0.717) is 12.0 Å². The first-order valence-electron chi connectivity index (χ1n) is 11.3. The fraction of sp³-hybridized carbons (Fsp3) is 0.409. The number of hydrogen-bond donors (Lipinski definition) is 5. The van der Waals surface area contributed by atoms with Crippen LogP contribution in [0.25, 0.3) is 0 Å². The quantitative estimate of drug-likeness (QED) is 0.220. The number of carboxylic acids is 1. The average molecular weight is 502 g/mol. The van der Waals surface area contributed by atoms with E-state index in [2.05, 4.69) is 15.7 Å². The van der Waals surface area contributed by atoms with Crippen molar-refractivity contribution < 1.29 is 33.9 Å². The minimum Gasteiger partial charge on any atom is -0.481 e. The maximum Gasteiger partial charge on any atom is 0.332 e. The molecular weight excluding hydrogens is 474 g/mol. The highest BCUT2D eigenvalue weighted by Crippen LogP contribution is 2.25. The first kappa shape index (κ1) is 26.1. The third kappa shape index (κ3) is 6.55. The summed E-state index contributed by atoms with van der Waals surface area (Å²) in [6.45, 7) is 0.219. The number of urea groups is 1. The molecule has 1 aromatic rings. The number of primary amides is 1. The van der Waals surface area contributed by atoms with Gasteiger partial charge in [0.05, 0.1) is 12.5 Å². The molecule has 0 unspecified atom stereocenters. The first-order chi connectivity index (χ1) is 17.2. The van der Waals surface area contributed by atoms with E-state index in [-0.39, 0.29) is 31.7 Å². The lowest BCUT2D eigenvalue weighted by molar-refractivity contribution is -0.176. The van der Waals surface area contributed by atoms with Gasteiger partial charge in [-0.1, -0.05) is 18.2 Å². The van der Waals surface area contributed by atoms with Crippen molar-refractivity contribution in [2.45, 2.75) is 50.2 Å². The van der Waals surface area contributed by atoms with Gasteiger partial charge in [0.25, 0.3) is 11.8 Å². The van der Waals surface area contributed by atoms with Crippen LogP contribution in [0.3, 0.4) is 0 Å². The Morgan fingerprint density at radius 3 is 2.56 bits per heavy atom. The molecule has 2 aliphatic heterocycles. The molecule has 2 fully saturated rings. The number of hydrogen-bond acceptors (Lipinski definition) is 7. The molecule has 2 heterocycles. The fourth-order valence-corrected chi connectivity index (χ4v) is 4.04. The van der Waals surface area contributed by atoms with Crippen molar-refractivity contribution in [2.75, 3.05) is 6.54 Å². The highest BCUT2D eigenvalue weighted by Gasteiger charge is 2.44. The Hall–Kier alpha value is -4.49. The lowest BCUT2D eigenvalue weighted by atomic mass is 10.0. The van der Waals surface area contributed by atoms with E-state index in [1.54, 1.807) is 30.3 Å². The van der Waals surface area contributed by atoms with Crippen LogP contribution in [-0.2, 0) is 19.2 Å². The largest absolute Gasteiger partial charge is 0.481 e. The lowest BCUT2D eigenvalue weighted by Crippen LogP contribution is -2.64. The number of nitrogens with one attached hydrogen (secondary N) is 3. The second-order valence-corrected chi connectivity index (χ2v) is 8.26. The summed E-state index contributed by atoms with van der Waals surface area (Å²) in [6.07, 6.45) is 1.12. The summed E-state index contributed by atoms with van der Waals surface area (Å²) in [5.41, 5.74) is 7.17. The molecule has 36 heavy (non-hydrogen) atoms. The molecule has 3 rings (SSSR count). The Bertz CT molecular complexity index is 1060. The Morgan fingerprint density at radius 1 is 1.17 bits per heavy atom. The zero-order chi connectivity index (χ0) is 26.2. The number of carbonyl (C=O) groups excluding carboxylic acids is 5. The third-order valence-electron chi connectivity index (χ3n) is 5.66. The summed E-state index contributed by atoms with van der Waals surface area (Å²) in [5, 5.41) is 20.0. The number of carbonyl (C=O) groups is 6. The molecule has 1 aromatic carbocycles. The van der Waals surface area contributed by atoms with E-state index in [4.69, 9.17) is 10.8 Å². The predicted octanol–water partition coefficient (Wildman–Crippen LogP) is -1.07. The lowest BCUT2D eigenvalue weighted by Gasteiger charge is -2.43. The molecule has 14 heteroatoms. The number of fused-ring (bicyclic) bond motifs is 1. The Labute approximate surface area is 205 Å². The molecule has 6 amide bonds. The molecule has 0 aromatic heterocycles. The van der Waals surface area contributed by atoms with Crippen molar-refractivity contribution in [3.05, 3.63) is 35.9 Å². The van der Waals surface area contributed by atoms with Gasteiger partial charge >= 0.3 is 12.0 Å². The maximum atomic E-state index is 13.5. The van der Waals surface area contributed by atoms with Gasteiger partial charge in [0.2, 0.25) is 11.8 Å².